The average molecular weight is 194 g/mol. The Bertz CT molecular complexity index is 155. The van der Waals surface area contributed by atoms with E-state index in [1.807, 2.05) is 13.8 Å². The summed E-state index contributed by atoms with van der Waals surface area (Å²) in [6.07, 6.45) is 0.895. The van der Waals surface area contributed by atoms with Crippen molar-refractivity contribution >= 4 is 18.4 Å². The lowest BCUT2D eigenvalue weighted by atomic mass is 9.90. The molecule has 1 atom stereocenters. The molecule has 0 unspecified atom stereocenters. The van der Waals surface area contributed by atoms with E-state index in [-0.39, 0.29) is 23.8 Å². The molecule has 0 aromatic rings. The van der Waals surface area contributed by atoms with Crippen LogP contribution in [0.4, 0.5) is 0 Å². The Morgan fingerprint density at radius 1 is 1.67 bits per heavy atom. The Labute approximate surface area is 79.3 Å². The summed E-state index contributed by atoms with van der Waals surface area (Å²) in [5.74, 6) is -0.0648. The third-order valence-corrected chi connectivity index (χ3v) is 2.14. The van der Waals surface area contributed by atoms with E-state index in [1.165, 1.54) is 0 Å². The van der Waals surface area contributed by atoms with Crippen molar-refractivity contribution in [3.8, 4) is 0 Å². The molecular weight excluding hydrogens is 178 g/mol. The van der Waals surface area contributed by atoms with Gasteiger partial charge in [0.25, 0.3) is 0 Å². The second kappa shape index (κ2) is 4.67. The van der Waals surface area contributed by atoms with Crippen molar-refractivity contribution in [3.05, 3.63) is 0 Å². The molecule has 3 nitrogen and oxygen atoms in total. The first kappa shape index (κ1) is 11.7. The highest BCUT2D eigenvalue weighted by molar-refractivity contribution is 5.85. The van der Waals surface area contributed by atoms with Crippen molar-refractivity contribution < 1.29 is 9.53 Å². The summed E-state index contributed by atoms with van der Waals surface area (Å²) in [5, 5.41) is 3.15. The maximum Gasteiger partial charge on any atom is 0.313 e. The zero-order valence-electron chi connectivity index (χ0n) is 7.55. The molecule has 1 saturated heterocycles. The van der Waals surface area contributed by atoms with E-state index >= 15 is 0 Å². The van der Waals surface area contributed by atoms with E-state index in [2.05, 4.69) is 5.32 Å². The molecule has 0 spiro atoms. The van der Waals surface area contributed by atoms with Gasteiger partial charge in [-0.2, -0.15) is 0 Å². The van der Waals surface area contributed by atoms with Gasteiger partial charge in [0.1, 0.15) is 0 Å². The van der Waals surface area contributed by atoms with Gasteiger partial charge in [0.2, 0.25) is 0 Å². The lowest BCUT2D eigenvalue weighted by Gasteiger charge is -2.19. The summed E-state index contributed by atoms with van der Waals surface area (Å²) in [6.45, 7) is 5.95. The van der Waals surface area contributed by atoms with Gasteiger partial charge < -0.3 is 10.1 Å². The molecule has 0 amide bonds. The first-order chi connectivity index (χ1) is 5.19. The van der Waals surface area contributed by atoms with Crippen LogP contribution >= 0.6 is 12.4 Å². The number of hydrogen-bond donors (Lipinski definition) is 1. The van der Waals surface area contributed by atoms with E-state index in [4.69, 9.17) is 4.74 Å². The Balaban J connectivity index is 0.00000121. The van der Waals surface area contributed by atoms with Crippen LogP contribution in [0.1, 0.15) is 20.3 Å². The second-order valence-corrected chi connectivity index (χ2v) is 3.21. The van der Waals surface area contributed by atoms with Crippen LogP contribution in [0.25, 0.3) is 0 Å². The predicted molar refractivity (Wildman–Crippen MR) is 49.5 cm³/mol. The molecule has 1 aliphatic heterocycles. The van der Waals surface area contributed by atoms with Gasteiger partial charge in [-0.05, 0) is 26.8 Å². The first-order valence-electron chi connectivity index (χ1n) is 4.07. The summed E-state index contributed by atoms with van der Waals surface area (Å²) in [5.41, 5.74) is -0.268. The Morgan fingerprint density at radius 2 is 2.33 bits per heavy atom. The van der Waals surface area contributed by atoms with Crippen LogP contribution in [0.3, 0.4) is 0 Å². The maximum atomic E-state index is 11.3. The van der Waals surface area contributed by atoms with Crippen molar-refractivity contribution in [3.63, 3.8) is 0 Å². The van der Waals surface area contributed by atoms with E-state index in [0.717, 1.165) is 19.5 Å². The highest BCUT2D eigenvalue weighted by Crippen LogP contribution is 2.25. The van der Waals surface area contributed by atoms with Gasteiger partial charge in [0.15, 0.2) is 0 Å². The molecule has 0 aromatic heterocycles. The lowest BCUT2D eigenvalue weighted by Crippen LogP contribution is -2.31. The van der Waals surface area contributed by atoms with E-state index in [9.17, 15) is 4.79 Å². The molecule has 4 heteroatoms. The number of carbonyl (C=O) groups excluding carboxylic acids is 1. The van der Waals surface area contributed by atoms with E-state index in [1.54, 1.807) is 0 Å². The number of carbonyl (C=O) groups is 1. The van der Waals surface area contributed by atoms with Crippen molar-refractivity contribution in [1.82, 2.24) is 5.32 Å². The van der Waals surface area contributed by atoms with Gasteiger partial charge >= 0.3 is 5.97 Å². The minimum Gasteiger partial charge on any atom is -0.466 e. The third-order valence-electron chi connectivity index (χ3n) is 2.14. The number of esters is 1. The fraction of sp³-hybridized carbons (Fsp3) is 0.875. The van der Waals surface area contributed by atoms with Crippen LogP contribution < -0.4 is 5.32 Å². The number of hydrogen-bond acceptors (Lipinski definition) is 3. The smallest absolute Gasteiger partial charge is 0.313 e. The standard InChI is InChI=1S/C8H15NO2.ClH/c1-3-11-7(10)8(2)4-5-9-6-8;/h9H,3-6H2,1-2H3;1H/t8-;/m1./s1. The molecule has 1 N–H and O–H groups in total. The highest BCUT2D eigenvalue weighted by Gasteiger charge is 2.37. The zero-order valence-corrected chi connectivity index (χ0v) is 8.37. The molecule has 72 valence electrons. The Kier molecular flexibility index (Phi) is 4.57. The quantitative estimate of drug-likeness (QED) is 0.665. The van der Waals surface area contributed by atoms with Gasteiger partial charge in [-0.15, -0.1) is 12.4 Å². The van der Waals surface area contributed by atoms with Crippen LogP contribution in [0.15, 0.2) is 0 Å². The summed E-state index contributed by atoms with van der Waals surface area (Å²) < 4.78 is 4.95. The molecule has 1 rings (SSSR count). The largest absolute Gasteiger partial charge is 0.466 e. The summed E-state index contributed by atoms with van der Waals surface area (Å²) in [7, 11) is 0. The topological polar surface area (TPSA) is 38.3 Å². The fourth-order valence-electron chi connectivity index (χ4n) is 1.30. The van der Waals surface area contributed by atoms with Gasteiger partial charge in [0, 0.05) is 6.54 Å². The van der Waals surface area contributed by atoms with Gasteiger partial charge in [-0.1, -0.05) is 0 Å². The molecule has 1 heterocycles. The van der Waals surface area contributed by atoms with Crippen LogP contribution in [0.2, 0.25) is 0 Å². The van der Waals surface area contributed by atoms with Crippen molar-refractivity contribution in [1.29, 1.82) is 0 Å². The third kappa shape index (κ3) is 2.35. The lowest BCUT2D eigenvalue weighted by molar-refractivity contribution is -0.153. The maximum absolute atomic E-state index is 11.3. The second-order valence-electron chi connectivity index (χ2n) is 3.21. The first-order valence-corrected chi connectivity index (χ1v) is 4.07. The minimum atomic E-state index is -0.268. The average Bonchev–Trinajstić information content (AvgIpc) is 2.38. The monoisotopic (exact) mass is 193 g/mol. The molecule has 0 saturated carbocycles. The molecule has 1 fully saturated rings. The Hall–Kier alpha value is -0.280. The SMILES string of the molecule is CCOC(=O)[C@]1(C)CCNC1.Cl. The summed E-state index contributed by atoms with van der Waals surface area (Å²) in [4.78, 5) is 11.3. The van der Waals surface area contributed by atoms with Crippen LogP contribution in [-0.4, -0.2) is 25.7 Å². The van der Waals surface area contributed by atoms with Crippen LogP contribution in [0, 0.1) is 5.41 Å². The Morgan fingerprint density at radius 3 is 2.75 bits per heavy atom. The van der Waals surface area contributed by atoms with Crippen molar-refractivity contribution in [2.75, 3.05) is 19.7 Å². The highest BCUT2D eigenvalue weighted by atomic mass is 35.5. The molecule has 0 aliphatic carbocycles. The van der Waals surface area contributed by atoms with E-state index < -0.39 is 0 Å². The predicted octanol–water partition coefficient (Wildman–Crippen LogP) is 0.971. The number of halogens is 1. The number of ether oxygens (including phenoxy) is 1. The van der Waals surface area contributed by atoms with Crippen LogP contribution in [0.5, 0.6) is 0 Å². The molecule has 12 heavy (non-hydrogen) atoms. The normalized spacial score (nSPS) is 27.8. The minimum absolute atomic E-state index is 0. The van der Waals surface area contributed by atoms with Gasteiger partial charge in [0.05, 0.1) is 12.0 Å². The van der Waals surface area contributed by atoms with Crippen LogP contribution in [-0.2, 0) is 9.53 Å². The van der Waals surface area contributed by atoms with Crippen molar-refractivity contribution in [2.24, 2.45) is 5.41 Å². The molecule has 1 aliphatic rings. The van der Waals surface area contributed by atoms with Gasteiger partial charge in [-0.3, -0.25) is 4.79 Å². The summed E-state index contributed by atoms with van der Waals surface area (Å²) >= 11 is 0. The zero-order chi connectivity index (χ0) is 8.32. The van der Waals surface area contributed by atoms with E-state index in [0.29, 0.717) is 6.61 Å². The van der Waals surface area contributed by atoms with Gasteiger partial charge in [-0.25, -0.2) is 0 Å². The number of nitrogens with one attached hydrogen (secondary N) is 1. The number of rotatable bonds is 2. The fourth-order valence-corrected chi connectivity index (χ4v) is 1.30. The molecular formula is C8H16ClNO2. The molecule has 0 radical (unpaired) electrons. The molecule has 0 bridgehead atoms. The van der Waals surface area contributed by atoms with Crippen molar-refractivity contribution in [2.45, 2.75) is 20.3 Å². The summed E-state index contributed by atoms with van der Waals surface area (Å²) in [6, 6.07) is 0. The molecule has 0 aromatic carbocycles.